The zero-order chi connectivity index (χ0) is 19.3. The molecule has 0 bridgehead atoms. The second-order valence-electron chi connectivity index (χ2n) is 6.65. The molecule has 0 spiro atoms. The van der Waals surface area contributed by atoms with Crippen LogP contribution in [0.4, 0.5) is 13.2 Å². The summed E-state index contributed by atoms with van der Waals surface area (Å²) in [6, 6.07) is 0.642. The molecule has 148 valence electrons. The van der Waals surface area contributed by atoms with Gasteiger partial charge >= 0.3 is 12.1 Å². The molecule has 1 heterocycles. The molecule has 2 N–H and O–H groups in total. The monoisotopic (exact) mass is 367 g/mol. The average Bonchev–Trinajstić information content (AvgIpc) is 2.99. The molecule has 1 rings (SSSR count). The molecule has 2 unspecified atom stereocenters. The van der Waals surface area contributed by atoms with E-state index in [4.69, 9.17) is 14.6 Å². The number of halogens is 3. The molecule has 0 radical (unpaired) electrons. The number of unbranched alkanes of at least 4 members (excludes halogenated alkanes) is 1. The number of hydrogen-bond acceptors (Lipinski definition) is 3. The normalized spacial score (nSPS) is 18.2. The molecule has 1 aliphatic heterocycles. The van der Waals surface area contributed by atoms with Gasteiger partial charge in [-0.15, -0.1) is 0 Å². The lowest BCUT2D eigenvalue weighted by Gasteiger charge is -2.13. The number of carboxylic acid groups (broad SMARTS) is 1. The van der Waals surface area contributed by atoms with E-state index in [9.17, 15) is 13.2 Å². The summed E-state index contributed by atoms with van der Waals surface area (Å²) in [6.07, 6.45) is 6.66. The molecule has 0 amide bonds. The molecular formula is C18H32F3NO3. The first-order valence-corrected chi connectivity index (χ1v) is 8.91. The molecule has 25 heavy (non-hydrogen) atoms. The first kappa shape index (κ1) is 23.9. The van der Waals surface area contributed by atoms with E-state index < -0.39 is 12.1 Å². The molecule has 4 nitrogen and oxygen atoms in total. The van der Waals surface area contributed by atoms with E-state index >= 15 is 0 Å². The van der Waals surface area contributed by atoms with Gasteiger partial charge in [0.15, 0.2) is 0 Å². The Labute approximate surface area is 148 Å². The van der Waals surface area contributed by atoms with E-state index in [2.05, 4.69) is 32.2 Å². The van der Waals surface area contributed by atoms with Crippen LogP contribution in [0.3, 0.4) is 0 Å². The summed E-state index contributed by atoms with van der Waals surface area (Å²) >= 11 is 0. The van der Waals surface area contributed by atoms with Crippen LogP contribution >= 0.6 is 0 Å². The zero-order valence-electron chi connectivity index (χ0n) is 15.5. The minimum atomic E-state index is -5.08. The molecular weight excluding hydrogens is 335 g/mol. The molecule has 0 aromatic carbocycles. The van der Waals surface area contributed by atoms with Gasteiger partial charge in [0.05, 0.1) is 6.10 Å². The summed E-state index contributed by atoms with van der Waals surface area (Å²) in [7, 11) is 0. The summed E-state index contributed by atoms with van der Waals surface area (Å²) in [5.41, 5.74) is 1.43. The predicted octanol–water partition coefficient (Wildman–Crippen LogP) is 4.69. The van der Waals surface area contributed by atoms with Gasteiger partial charge in [-0.25, -0.2) is 4.79 Å². The molecule has 7 heteroatoms. The number of hydrogen-bond donors (Lipinski definition) is 2. The fourth-order valence-corrected chi connectivity index (χ4v) is 2.44. The quantitative estimate of drug-likeness (QED) is 0.458. The number of nitrogens with one attached hydrogen (secondary N) is 1. The van der Waals surface area contributed by atoms with E-state index in [1.807, 2.05) is 0 Å². The Kier molecular flexibility index (Phi) is 12.6. The highest BCUT2D eigenvalue weighted by atomic mass is 19.4. The van der Waals surface area contributed by atoms with E-state index in [-0.39, 0.29) is 0 Å². The highest BCUT2D eigenvalue weighted by Gasteiger charge is 2.38. The molecule has 0 aromatic heterocycles. The van der Waals surface area contributed by atoms with Crippen LogP contribution in [0.15, 0.2) is 11.6 Å². The first-order valence-electron chi connectivity index (χ1n) is 8.91. The van der Waals surface area contributed by atoms with Gasteiger partial charge in [-0.05, 0) is 72.3 Å². The molecule has 1 saturated heterocycles. The summed E-state index contributed by atoms with van der Waals surface area (Å²) in [6.45, 7) is 8.78. The maximum Gasteiger partial charge on any atom is 0.490 e. The summed E-state index contributed by atoms with van der Waals surface area (Å²) in [4.78, 5) is 8.90. The van der Waals surface area contributed by atoms with Gasteiger partial charge in [0.25, 0.3) is 0 Å². The summed E-state index contributed by atoms with van der Waals surface area (Å²) in [5.74, 6) is -2.76. The van der Waals surface area contributed by atoms with Crippen molar-refractivity contribution in [3.8, 4) is 0 Å². The van der Waals surface area contributed by atoms with Gasteiger partial charge < -0.3 is 15.2 Å². The van der Waals surface area contributed by atoms with Gasteiger partial charge in [-0.3, -0.25) is 0 Å². The Balaban J connectivity index is 0.000000697. The van der Waals surface area contributed by atoms with Crippen molar-refractivity contribution in [2.45, 2.75) is 84.0 Å². The second kappa shape index (κ2) is 13.2. The molecule has 0 aliphatic carbocycles. The van der Waals surface area contributed by atoms with E-state index in [1.165, 1.54) is 50.5 Å². The number of carboxylic acids is 1. The maximum absolute atomic E-state index is 10.6. The Hall–Kier alpha value is -1.08. The zero-order valence-corrected chi connectivity index (χ0v) is 15.5. The maximum atomic E-state index is 10.6. The number of carbonyl (C=O) groups is 1. The van der Waals surface area contributed by atoms with Crippen molar-refractivity contribution in [2.24, 2.45) is 0 Å². The van der Waals surface area contributed by atoms with Crippen LogP contribution in [-0.4, -0.2) is 42.5 Å². The Morgan fingerprint density at radius 1 is 1.36 bits per heavy atom. The molecule has 1 aliphatic rings. The second-order valence-corrected chi connectivity index (χ2v) is 6.65. The summed E-state index contributed by atoms with van der Waals surface area (Å²) < 4.78 is 37.4. The topological polar surface area (TPSA) is 58.6 Å². The lowest BCUT2D eigenvalue weighted by molar-refractivity contribution is -0.192. The van der Waals surface area contributed by atoms with Gasteiger partial charge in [0.1, 0.15) is 0 Å². The van der Waals surface area contributed by atoms with Crippen molar-refractivity contribution in [1.29, 1.82) is 0 Å². The highest BCUT2D eigenvalue weighted by molar-refractivity contribution is 5.73. The number of allylic oxidation sites excluding steroid dienone is 2. The lowest BCUT2D eigenvalue weighted by Crippen LogP contribution is -2.26. The first-order chi connectivity index (χ1) is 11.6. The third kappa shape index (κ3) is 14.9. The molecule has 2 atom stereocenters. The molecule has 0 saturated carbocycles. The van der Waals surface area contributed by atoms with Crippen LogP contribution in [0.1, 0.15) is 65.7 Å². The average molecular weight is 367 g/mol. The van der Waals surface area contributed by atoms with Crippen molar-refractivity contribution >= 4 is 5.97 Å². The van der Waals surface area contributed by atoms with Crippen LogP contribution in [0.25, 0.3) is 0 Å². The minimum Gasteiger partial charge on any atom is -0.475 e. The number of aliphatic carboxylic acids is 1. The predicted molar refractivity (Wildman–Crippen MR) is 92.6 cm³/mol. The van der Waals surface area contributed by atoms with Gasteiger partial charge in [0, 0.05) is 12.6 Å². The van der Waals surface area contributed by atoms with E-state index in [0.29, 0.717) is 12.1 Å². The number of rotatable bonds is 9. The van der Waals surface area contributed by atoms with Crippen LogP contribution in [-0.2, 0) is 9.53 Å². The van der Waals surface area contributed by atoms with Crippen molar-refractivity contribution in [1.82, 2.24) is 5.32 Å². The Bertz CT molecular complexity index is 388. The highest BCUT2D eigenvalue weighted by Crippen LogP contribution is 2.17. The van der Waals surface area contributed by atoms with Crippen LogP contribution < -0.4 is 5.32 Å². The van der Waals surface area contributed by atoms with Crippen LogP contribution in [0.5, 0.6) is 0 Å². The van der Waals surface area contributed by atoms with E-state index in [0.717, 1.165) is 13.2 Å². The van der Waals surface area contributed by atoms with Crippen molar-refractivity contribution < 1.29 is 27.8 Å². The van der Waals surface area contributed by atoms with Crippen molar-refractivity contribution in [3.63, 3.8) is 0 Å². The van der Waals surface area contributed by atoms with Crippen molar-refractivity contribution in [2.75, 3.05) is 13.2 Å². The number of ether oxygens (including phenoxy) is 1. The Morgan fingerprint density at radius 2 is 2.00 bits per heavy atom. The SMILES string of the molecule is CC(C)=CCCC(C)NCCCCC1CCCO1.O=C(O)C(F)(F)F. The van der Waals surface area contributed by atoms with Gasteiger partial charge in [0.2, 0.25) is 0 Å². The fourth-order valence-electron chi connectivity index (χ4n) is 2.44. The van der Waals surface area contributed by atoms with Gasteiger partial charge in [-0.1, -0.05) is 11.6 Å². The van der Waals surface area contributed by atoms with Crippen LogP contribution in [0, 0.1) is 0 Å². The molecule has 0 aromatic rings. The smallest absolute Gasteiger partial charge is 0.475 e. The molecule has 1 fully saturated rings. The fraction of sp³-hybridized carbons (Fsp3) is 0.833. The van der Waals surface area contributed by atoms with E-state index in [1.54, 1.807) is 0 Å². The minimum absolute atomic E-state index is 0.570. The lowest BCUT2D eigenvalue weighted by atomic mass is 10.1. The standard InChI is InChI=1S/C16H31NO.C2HF3O2/c1-14(2)8-6-9-15(3)17-12-5-4-10-16-11-7-13-18-16;3-2(4,5)1(6)7/h8,15-17H,4-7,9-13H2,1-3H3;(H,6,7). The third-order valence-electron chi connectivity index (χ3n) is 3.86. The largest absolute Gasteiger partial charge is 0.490 e. The third-order valence-corrected chi connectivity index (χ3v) is 3.86. The van der Waals surface area contributed by atoms with Crippen molar-refractivity contribution in [3.05, 3.63) is 11.6 Å². The summed E-state index contributed by atoms with van der Waals surface area (Å²) in [5, 5.41) is 10.7. The van der Waals surface area contributed by atoms with Gasteiger partial charge in [-0.2, -0.15) is 13.2 Å². The number of alkyl halides is 3. The Morgan fingerprint density at radius 3 is 2.48 bits per heavy atom. The van der Waals surface area contributed by atoms with Crippen LogP contribution in [0.2, 0.25) is 0 Å².